The third kappa shape index (κ3) is 2.17. The highest BCUT2D eigenvalue weighted by molar-refractivity contribution is 5.63. The van der Waals surface area contributed by atoms with Gasteiger partial charge in [-0.2, -0.15) is 5.26 Å². The highest BCUT2D eigenvalue weighted by Gasteiger charge is 2.16. The van der Waals surface area contributed by atoms with E-state index in [1.54, 1.807) is 18.3 Å². The van der Waals surface area contributed by atoms with E-state index >= 15 is 0 Å². The Morgan fingerprint density at radius 1 is 1.09 bits per heavy atom. The van der Waals surface area contributed by atoms with Crippen LogP contribution in [-0.2, 0) is 0 Å². The van der Waals surface area contributed by atoms with Crippen molar-refractivity contribution in [1.82, 2.24) is 9.55 Å². The van der Waals surface area contributed by atoms with Crippen LogP contribution in [0.2, 0.25) is 0 Å². The van der Waals surface area contributed by atoms with Crippen molar-refractivity contribution in [1.29, 1.82) is 5.26 Å². The minimum absolute atomic E-state index is 0.0218. The van der Waals surface area contributed by atoms with Crippen LogP contribution in [0.15, 0.2) is 48.8 Å². The number of hydrogen-bond acceptors (Lipinski definition) is 2. The van der Waals surface area contributed by atoms with Crippen LogP contribution in [-0.4, -0.2) is 9.55 Å². The van der Waals surface area contributed by atoms with Gasteiger partial charge in [0, 0.05) is 12.4 Å². The first-order chi connectivity index (χ1) is 10.6. The molecule has 1 aromatic heterocycles. The van der Waals surface area contributed by atoms with Gasteiger partial charge in [0.05, 0.1) is 16.8 Å². The predicted molar refractivity (Wildman–Crippen MR) is 83.1 cm³/mol. The van der Waals surface area contributed by atoms with Gasteiger partial charge in [-0.1, -0.05) is 24.3 Å². The molecule has 0 aliphatic carbocycles. The van der Waals surface area contributed by atoms with Crippen LogP contribution >= 0.6 is 0 Å². The van der Waals surface area contributed by atoms with Gasteiger partial charge in [-0.25, -0.2) is 9.37 Å². The lowest BCUT2D eigenvalue weighted by Crippen LogP contribution is -2.03. The van der Waals surface area contributed by atoms with Gasteiger partial charge in [0.1, 0.15) is 11.9 Å². The van der Waals surface area contributed by atoms with Crippen molar-refractivity contribution in [2.75, 3.05) is 0 Å². The summed E-state index contributed by atoms with van der Waals surface area (Å²) in [7, 11) is 0. The largest absolute Gasteiger partial charge is 0.299 e. The number of halogens is 1. The zero-order chi connectivity index (χ0) is 15.7. The molecular formula is C18H14FN3. The number of aryl methyl sites for hydroxylation is 2. The van der Waals surface area contributed by atoms with E-state index in [-0.39, 0.29) is 5.56 Å². The van der Waals surface area contributed by atoms with Crippen molar-refractivity contribution >= 4 is 0 Å². The van der Waals surface area contributed by atoms with Gasteiger partial charge in [-0.05, 0) is 37.1 Å². The first-order valence-corrected chi connectivity index (χ1v) is 6.92. The fourth-order valence-corrected chi connectivity index (χ4v) is 2.66. The summed E-state index contributed by atoms with van der Waals surface area (Å²) in [4.78, 5) is 4.29. The number of aromatic nitrogens is 2. The summed E-state index contributed by atoms with van der Waals surface area (Å²) in [5.41, 5.74) is 3.49. The molecule has 0 spiro atoms. The Balaban J connectivity index is 2.26. The first-order valence-electron chi connectivity index (χ1n) is 6.92. The standard InChI is InChI=1S/C18H14FN3/c1-12-5-3-6-13(2)17(12)22-10-9-21-18(22)15-8-4-7-14(11-20)16(15)19/h3-10H,1-2H3. The molecule has 4 heteroatoms. The second-order valence-electron chi connectivity index (χ2n) is 5.14. The van der Waals surface area contributed by atoms with E-state index in [4.69, 9.17) is 5.26 Å². The Bertz CT molecular complexity index is 867. The fourth-order valence-electron chi connectivity index (χ4n) is 2.66. The van der Waals surface area contributed by atoms with Crippen molar-refractivity contribution in [2.24, 2.45) is 0 Å². The minimum atomic E-state index is -0.538. The Morgan fingerprint density at radius 3 is 2.45 bits per heavy atom. The quantitative estimate of drug-likeness (QED) is 0.711. The summed E-state index contributed by atoms with van der Waals surface area (Å²) in [6.45, 7) is 4.02. The van der Waals surface area contributed by atoms with Crippen molar-refractivity contribution in [3.05, 3.63) is 71.3 Å². The lowest BCUT2D eigenvalue weighted by Gasteiger charge is -2.14. The SMILES string of the molecule is Cc1cccc(C)c1-n1ccnc1-c1cccc(C#N)c1F. The third-order valence-corrected chi connectivity index (χ3v) is 3.68. The Kier molecular flexibility index (Phi) is 3.48. The van der Waals surface area contributed by atoms with E-state index in [1.165, 1.54) is 6.07 Å². The zero-order valence-electron chi connectivity index (χ0n) is 12.3. The van der Waals surface area contributed by atoms with E-state index in [1.807, 2.05) is 48.9 Å². The van der Waals surface area contributed by atoms with Gasteiger partial charge in [0.2, 0.25) is 0 Å². The summed E-state index contributed by atoms with van der Waals surface area (Å²) >= 11 is 0. The summed E-state index contributed by atoms with van der Waals surface area (Å²) in [6, 6.07) is 12.6. The molecule has 108 valence electrons. The molecule has 0 radical (unpaired) electrons. The normalized spacial score (nSPS) is 10.5. The molecule has 1 heterocycles. The summed E-state index contributed by atoms with van der Waals surface area (Å²) in [5, 5.41) is 9.00. The minimum Gasteiger partial charge on any atom is -0.299 e. The zero-order valence-corrected chi connectivity index (χ0v) is 12.3. The molecule has 0 atom stereocenters. The van der Waals surface area contributed by atoms with E-state index in [2.05, 4.69) is 4.98 Å². The molecule has 0 aliphatic rings. The van der Waals surface area contributed by atoms with Crippen LogP contribution in [0.5, 0.6) is 0 Å². The van der Waals surface area contributed by atoms with Crippen LogP contribution in [0, 0.1) is 31.0 Å². The van der Waals surface area contributed by atoms with Gasteiger partial charge in [0.25, 0.3) is 0 Å². The monoisotopic (exact) mass is 291 g/mol. The maximum absolute atomic E-state index is 14.5. The van der Waals surface area contributed by atoms with E-state index in [0.29, 0.717) is 11.4 Å². The smallest absolute Gasteiger partial charge is 0.151 e. The lowest BCUT2D eigenvalue weighted by atomic mass is 10.1. The van der Waals surface area contributed by atoms with E-state index < -0.39 is 5.82 Å². The first kappa shape index (κ1) is 14.0. The number of imidazole rings is 1. The third-order valence-electron chi connectivity index (χ3n) is 3.68. The number of nitrogens with zero attached hydrogens (tertiary/aromatic N) is 3. The molecule has 22 heavy (non-hydrogen) atoms. The van der Waals surface area contributed by atoms with Gasteiger partial charge >= 0.3 is 0 Å². The maximum atomic E-state index is 14.5. The van der Waals surface area contributed by atoms with Crippen LogP contribution in [0.1, 0.15) is 16.7 Å². The molecule has 0 aliphatic heterocycles. The molecule has 3 aromatic rings. The highest BCUT2D eigenvalue weighted by Crippen LogP contribution is 2.28. The van der Waals surface area contributed by atoms with Gasteiger partial charge in [0.15, 0.2) is 5.82 Å². The van der Waals surface area contributed by atoms with Crippen LogP contribution in [0.3, 0.4) is 0 Å². The van der Waals surface area contributed by atoms with Crippen LogP contribution < -0.4 is 0 Å². The lowest BCUT2D eigenvalue weighted by molar-refractivity contribution is 0.625. The molecule has 0 N–H and O–H groups in total. The summed E-state index contributed by atoms with van der Waals surface area (Å²) < 4.78 is 16.3. The number of hydrogen-bond donors (Lipinski definition) is 0. The van der Waals surface area contributed by atoms with Crippen molar-refractivity contribution in [2.45, 2.75) is 13.8 Å². The van der Waals surface area contributed by atoms with E-state index in [0.717, 1.165) is 16.8 Å². The molecule has 0 saturated heterocycles. The Labute approximate surface area is 128 Å². The Hall–Kier alpha value is -2.93. The molecular weight excluding hydrogens is 277 g/mol. The highest BCUT2D eigenvalue weighted by atomic mass is 19.1. The molecule has 3 nitrogen and oxygen atoms in total. The van der Waals surface area contributed by atoms with Gasteiger partial charge in [-0.15, -0.1) is 0 Å². The summed E-state index contributed by atoms with van der Waals surface area (Å²) in [5.74, 6) is -0.0457. The van der Waals surface area contributed by atoms with Crippen LogP contribution in [0.4, 0.5) is 4.39 Å². The number of nitriles is 1. The number of rotatable bonds is 2. The van der Waals surface area contributed by atoms with Crippen LogP contribution in [0.25, 0.3) is 17.1 Å². The van der Waals surface area contributed by atoms with Gasteiger partial charge in [-0.3, -0.25) is 4.57 Å². The van der Waals surface area contributed by atoms with Crippen molar-refractivity contribution < 1.29 is 4.39 Å². The molecule has 0 bridgehead atoms. The second kappa shape index (κ2) is 5.45. The van der Waals surface area contributed by atoms with Crippen molar-refractivity contribution in [3.63, 3.8) is 0 Å². The average molecular weight is 291 g/mol. The molecule has 0 unspecified atom stereocenters. The maximum Gasteiger partial charge on any atom is 0.151 e. The van der Waals surface area contributed by atoms with Crippen molar-refractivity contribution in [3.8, 4) is 23.1 Å². The average Bonchev–Trinajstić information content (AvgIpc) is 2.96. The number of para-hydroxylation sites is 1. The summed E-state index contributed by atoms with van der Waals surface area (Å²) in [6.07, 6.45) is 3.45. The molecule has 0 fully saturated rings. The molecule has 0 saturated carbocycles. The predicted octanol–water partition coefficient (Wildman–Crippen LogP) is 4.17. The second-order valence-corrected chi connectivity index (χ2v) is 5.14. The molecule has 0 amide bonds. The topological polar surface area (TPSA) is 41.6 Å². The molecule has 2 aromatic carbocycles. The van der Waals surface area contributed by atoms with E-state index in [9.17, 15) is 4.39 Å². The van der Waals surface area contributed by atoms with Gasteiger partial charge < -0.3 is 0 Å². The number of benzene rings is 2. The molecule has 3 rings (SSSR count). The Morgan fingerprint density at radius 2 is 1.77 bits per heavy atom. The fraction of sp³-hybridized carbons (Fsp3) is 0.111.